The molecule has 1 amide bonds. The number of nitrogens with one attached hydrogen (secondary N) is 1. The van der Waals surface area contributed by atoms with Crippen molar-refractivity contribution in [3.63, 3.8) is 0 Å². The Morgan fingerprint density at radius 3 is 2.48 bits per heavy atom. The predicted molar refractivity (Wildman–Crippen MR) is 79.3 cm³/mol. The summed E-state index contributed by atoms with van der Waals surface area (Å²) in [6, 6.07) is 11.8. The molecule has 0 aliphatic carbocycles. The van der Waals surface area contributed by atoms with Gasteiger partial charge < -0.3 is 5.32 Å². The first-order valence-electron chi connectivity index (χ1n) is 6.43. The summed E-state index contributed by atoms with van der Waals surface area (Å²) in [5, 5.41) is 2.56. The first-order valence-corrected chi connectivity index (χ1v) is 8.09. The lowest BCUT2D eigenvalue weighted by atomic mass is 10.2. The maximum absolute atomic E-state index is 12.1. The maximum atomic E-state index is 12.1. The van der Waals surface area contributed by atoms with E-state index in [1.165, 1.54) is 12.1 Å². The molecule has 5 nitrogen and oxygen atoms in total. The van der Waals surface area contributed by atoms with Gasteiger partial charge in [0.1, 0.15) is 5.75 Å². The topological polar surface area (TPSA) is 76.1 Å². The average molecular weight is 304 g/mol. The number of carbonyl (C=O) groups is 1. The summed E-state index contributed by atoms with van der Waals surface area (Å²) in [5.41, 5.74) is 1.65. The van der Waals surface area contributed by atoms with E-state index in [2.05, 4.69) is 10.3 Å². The Labute approximate surface area is 124 Å². The number of rotatable bonds is 5. The molecule has 1 heterocycles. The van der Waals surface area contributed by atoms with Gasteiger partial charge in [-0.15, -0.1) is 0 Å². The van der Waals surface area contributed by atoms with Crippen LogP contribution in [0.15, 0.2) is 53.6 Å². The molecule has 6 heteroatoms. The molecule has 0 aliphatic heterocycles. The third kappa shape index (κ3) is 4.39. The van der Waals surface area contributed by atoms with E-state index in [0.717, 1.165) is 5.56 Å². The van der Waals surface area contributed by atoms with Crippen LogP contribution in [0.25, 0.3) is 0 Å². The van der Waals surface area contributed by atoms with E-state index in [-0.39, 0.29) is 11.4 Å². The number of amides is 1. The third-order valence-electron chi connectivity index (χ3n) is 2.89. The van der Waals surface area contributed by atoms with Crippen molar-refractivity contribution in [1.82, 2.24) is 10.3 Å². The van der Waals surface area contributed by atoms with E-state index in [0.29, 0.717) is 5.69 Å². The van der Waals surface area contributed by atoms with Gasteiger partial charge in [0.05, 0.1) is 17.1 Å². The van der Waals surface area contributed by atoms with Gasteiger partial charge in [-0.25, -0.2) is 8.42 Å². The van der Waals surface area contributed by atoms with Crippen LogP contribution in [0, 0.1) is 6.92 Å². The first kappa shape index (κ1) is 15.2. The minimum Gasteiger partial charge on any atom is -0.350 e. The summed E-state index contributed by atoms with van der Waals surface area (Å²) in [6.45, 7) is 2.08. The lowest BCUT2D eigenvalue weighted by Crippen LogP contribution is -2.30. The number of hydrogen-bond donors (Lipinski definition) is 1. The smallest absolute Gasteiger partial charge is 0.235 e. The van der Waals surface area contributed by atoms with Crippen LogP contribution in [0.4, 0.5) is 0 Å². The molecule has 2 aromatic rings. The van der Waals surface area contributed by atoms with Crippen molar-refractivity contribution in [2.24, 2.45) is 0 Å². The van der Waals surface area contributed by atoms with Crippen LogP contribution in [-0.4, -0.2) is 25.1 Å². The quantitative estimate of drug-likeness (QED) is 0.908. The van der Waals surface area contributed by atoms with Crippen LogP contribution in [0.3, 0.4) is 0 Å². The molecule has 0 atom stereocenters. The number of nitrogens with zero attached hydrogens (tertiary/aromatic N) is 1. The molecule has 1 aromatic carbocycles. The normalized spacial score (nSPS) is 11.1. The van der Waals surface area contributed by atoms with E-state index >= 15 is 0 Å². The summed E-state index contributed by atoms with van der Waals surface area (Å²) >= 11 is 0. The van der Waals surface area contributed by atoms with E-state index in [4.69, 9.17) is 0 Å². The number of benzene rings is 1. The summed E-state index contributed by atoms with van der Waals surface area (Å²) in [6.07, 6.45) is 1.62. The molecular formula is C15H16N2O3S. The van der Waals surface area contributed by atoms with Gasteiger partial charge in [0.25, 0.3) is 0 Å². The Morgan fingerprint density at radius 1 is 1.14 bits per heavy atom. The molecule has 21 heavy (non-hydrogen) atoms. The lowest BCUT2D eigenvalue weighted by Gasteiger charge is -2.06. The number of aryl methyl sites for hydroxylation is 1. The highest BCUT2D eigenvalue weighted by Crippen LogP contribution is 2.11. The van der Waals surface area contributed by atoms with E-state index in [1.54, 1.807) is 36.5 Å². The Morgan fingerprint density at radius 2 is 1.86 bits per heavy atom. The fourth-order valence-electron chi connectivity index (χ4n) is 1.74. The fourth-order valence-corrected chi connectivity index (χ4v) is 2.91. The van der Waals surface area contributed by atoms with Crippen molar-refractivity contribution in [1.29, 1.82) is 0 Å². The van der Waals surface area contributed by atoms with Crippen LogP contribution in [0.5, 0.6) is 0 Å². The van der Waals surface area contributed by atoms with Crippen molar-refractivity contribution >= 4 is 15.7 Å². The van der Waals surface area contributed by atoms with Gasteiger partial charge in [-0.2, -0.15) is 0 Å². The highest BCUT2D eigenvalue weighted by Gasteiger charge is 2.18. The Hall–Kier alpha value is -2.21. The predicted octanol–water partition coefficient (Wildman–Crippen LogP) is 1.48. The van der Waals surface area contributed by atoms with Gasteiger partial charge in [0, 0.05) is 6.20 Å². The van der Waals surface area contributed by atoms with E-state index in [1.807, 2.05) is 6.92 Å². The molecule has 0 unspecified atom stereocenters. The minimum atomic E-state index is -3.61. The zero-order valence-corrected chi connectivity index (χ0v) is 12.4. The largest absolute Gasteiger partial charge is 0.350 e. The maximum Gasteiger partial charge on any atom is 0.235 e. The number of pyridine rings is 1. The molecular weight excluding hydrogens is 288 g/mol. The number of aromatic nitrogens is 1. The minimum absolute atomic E-state index is 0.154. The van der Waals surface area contributed by atoms with Crippen LogP contribution in [0.2, 0.25) is 0 Å². The highest BCUT2D eigenvalue weighted by atomic mass is 32.2. The summed E-state index contributed by atoms with van der Waals surface area (Å²) < 4.78 is 24.2. The van der Waals surface area contributed by atoms with Crippen molar-refractivity contribution in [3.05, 3.63) is 59.9 Å². The van der Waals surface area contributed by atoms with Crippen molar-refractivity contribution in [2.45, 2.75) is 18.4 Å². The van der Waals surface area contributed by atoms with E-state index < -0.39 is 21.5 Å². The zero-order chi connectivity index (χ0) is 15.3. The van der Waals surface area contributed by atoms with Crippen LogP contribution < -0.4 is 5.32 Å². The molecule has 0 saturated heterocycles. The molecule has 110 valence electrons. The number of sulfone groups is 1. The highest BCUT2D eigenvalue weighted by molar-refractivity contribution is 7.92. The van der Waals surface area contributed by atoms with Crippen molar-refractivity contribution in [2.75, 3.05) is 5.75 Å². The third-order valence-corrected chi connectivity index (χ3v) is 4.53. The summed E-state index contributed by atoms with van der Waals surface area (Å²) in [7, 11) is -3.61. The second-order valence-corrected chi connectivity index (χ2v) is 6.66. The summed E-state index contributed by atoms with van der Waals surface area (Å²) in [5.74, 6) is -1.11. The number of carbonyl (C=O) groups excluding carboxylic acids is 1. The van der Waals surface area contributed by atoms with Gasteiger partial charge in [-0.3, -0.25) is 9.78 Å². The molecule has 0 bridgehead atoms. The SMILES string of the molecule is Cc1ccc(S(=O)(=O)CC(=O)NCc2ccccn2)cc1. The second-order valence-electron chi connectivity index (χ2n) is 4.67. The van der Waals surface area contributed by atoms with Crippen LogP contribution in [-0.2, 0) is 21.2 Å². The van der Waals surface area contributed by atoms with E-state index in [9.17, 15) is 13.2 Å². The number of hydrogen-bond acceptors (Lipinski definition) is 4. The second kappa shape index (κ2) is 6.49. The molecule has 1 N–H and O–H groups in total. The fraction of sp³-hybridized carbons (Fsp3) is 0.200. The average Bonchev–Trinajstić information content (AvgIpc) is 2.46. The standard InChI is InChI=1S/C15H16N2O3S/c1-12-5-7-14(8-6-12)21(19,20)11-15(18)17-10-13-4-2-3-9-16-13/h2-9H,10-11H2,1H3,(H,17,18). The zero-order valence-electron chi connectivity index (χ0n) is 11.6. The van der Waals surface area contributed by atoms with Gasteiger partial charge in [0.2, 0.25) is 5.91 Å². The van der Waals surface area contributed by atoms with Crippen LogP contribution >= 0.6 is 0 Å². The molecule has 1 aromatic heterocycles. The molecule has 0 saturated carbocycles. The van der Waals surface area contributed by atoms with Gasteiger partial charge >= 0.3 is 0 Å². The van der Waals surface area contributed by atoms with Crippen molar-refractivity contribution in [3.8, 4) is 0 Å². The molecule has 2 rings (SSSR count). The lowest BCUT2D eigenvalue weighted by molar-refractivity contribution is -0.118. The van der Waals surface area contributed by atoms with Gasteiger partial charge in [0.15, 0.2) is 9.84 Å². The molecule has 0 radical (unpaired) electrons. The summed E-state index contributed by atoms with van der Waals surface area (Å²) in [4.78, 5) is 16.0. The van der Waals surface area contributed by atoms with Gasteiger partial charge in [-0.05, 0) is 31.2 Å². The Bertz CT molecular complexity index is 710. The molecule has 0 aliphatic rings. The first-order chi connectivity index (χ1) is 9.97. The van der Waals surface area contributed by atoms with Gasteiger partial charge in [-0.1, -0.05) is 23.8 Å². The molecule has 0 spiro atoms. The van der Waals surface area contributed by atoms with Crippen molar-refractivity contribution < 1.29 is 13.2 Å². The monoisotopic (exact) mass is 304 g/mol. The Balaban J connectivity index is 1.97. The molecule has 0 fully saturated rings. The Kier molecular flexibility index (Phi) is 4.70. The van der Waals surface area contributed by atoms with Crippen LogP contribution in [0.1, 0.15) is 11.3 Å².